The highest BCUT2D eigenvalue weighted by molar-refractivity contribution is 4.91. The van der Waals surface area contributed by atoms with Crippen molar-refractivity contribution in [2.45, 2.75) is 37.8 Å². The molecule has 0 aromatic heterocycles. The molecule has 2 nitrogen and oxygen atoms in total. The zero-order valence-corrected chi connectivity index (χ0v) is 6.42. The van der Waals surface area contributed by atoms with Crippen LogP contribution in [0.5, 0.6) is 0 Å². The maximum Gasteiger partial charge on any atom is 0.0247 e. The fourth-order valence-electron chi connectivity index (χ4n) is 2.29. The zero-order valence-electron chi connectivity index (χ0n) is 6.42. The summed E-state index contributed by atoms with van der Waals surface area (Å²) >= 11 is 0. The highest BCUT2D eigenvalue weighted by atomic mass is 15.2. The minimum absolute atomic E-state index is 0.486. The molecule has 2 aliphatic rings. The van der Waals surface area contributed by atoms with Crippen LogP contribution in [-0.2, 0) is 0 Å². The molecular formula is C8H16N2. The second kappa shape index (κ2) is 2.51. The van der Waals surface area contributed by atoms with Gasteiger partial charge in [-0.05, 0) is 25.8 Å². The molecule has 2 N–H and O–H groups in total. The maximum absolute atomic E-state index is 5.95. The van der Waals surface area contributed by atoms with Gasteiger partial charge in [-0.25, -0.2) is 0 Å². The fraction of sp³-hybridized carbons (Fsp3) is 1.00. The second-order valence-electron chi connectivity index (χ2n) is 3.55. The van der Waals surface area contributed by atoms with Gasteiger partial charge in [0.1, 0.15) is 0 Å². The Hall–Kier alpha value is -0.0800. The molecule has 0 aromatic rings. The van der Waals surface area contributed by atoms with E-state index < -0.39 is 0 Å². The molecule has 2 heteroatoms. The molecule has 2 heterocycles. The topological polar surface area (TPSA) is 29.3 Å². The van der Waals surface area contributed by atoms with Crippen molar-refractivity contribution in [3.05, 3.63) is 0 Å². The number of hydrogen-bond donors (Lipinski definition) is 1. The summed E-state index contributed by atoms with van der Waals surface area (Å²) in [7, 11) is 0. The average Bonchev–Trinajstić information content (AvgIpc) is 2.34. The van der Waals surface area contributed by atoms with E-state index >= 15 is 0 Å². The Balaban J connectivity index is 2.01. The van der Waals surface area contributed by atoms with Gasteiger partial charge in [-0.2, -0.15) is 0 Å². The van der Waals surface area contributed by atoms with Crippen LogP contribution in [-0.4, -0.2) is 30.1 Å². The van der Waals surface area contributed by atoms with Gasteiger partial charge in [0.05, 0.1) is 0 Å². The van der Waals surface area contributed by atoms with Gasteiger partial charge in [-0.15, -0.1) is 0 Å². The summed E-state index contributed by atoms with van der Waals surface area (Å²) in [4.78, 5) is 2.56. The Labute approximate surface area is 62.4 Å². The molecule has 58 valence electrons. The van der Waals surface area contributed by atoms with Crippen LogP contribution in [0, 0.1) is 0 Å². The molecule has 0 spiro atoms. The summed E-state index contributed by atoms with van der Waals surface area (Å²) in [6.07, 6.45) is 5.36. The molecule has 2 atom stereocenters. The van der Waals surface area contributed by atoms with E-state index in [0.717, 1.165) is 6.04 Å². The smallest absolute Gasteiger partial charge is 0.0247 e. The molecule has 2 aliphatic heterocycles. The number of nitrogens with two attached hydrogens (primary N) is 1. The van der Waals surface area contributed by atoms with Gasteiger partial charge in [0, 0.05) is 18.6 Å². The quantitative estimate of drug-likeness (QED) is 0.533. The number of fused-ring (bicyclic) bond motifs is 1. The van der Waals surface area contributed by atoms with Crippen molar-refractivity contribution in [1.82, 2.24) is 4.90 Å². The molecule has 0 bridgehead atoms. The molecule has 0 saturated carbocycles. The van der Waals surface area contributed by atoms with Crippen molar-refractivity contribution in [3.63, 3.8) is 0 Å². The lowest BCUT2D eigenvalue weighted by Gasteiger charge is -2.30. The summed E-state index contributed by atoms with van der Waals surface area (Å²) < 4.78 is 0. The average molecular weight is 140 g/mol. The minimum Gasteiger partial charge on any atom is -0.326 e. The highest BCUT2D eigenvalue weighted by Gasteiger charge is 2.32. The third-order valence-electron chi connectivity index (χ3n) is 2.91. The van der Waals surface area contributed by atoms with Crippen LogP contribution in [0.25, 0.3) is 0 Å². The van der Waals surface area contributed by atoms with Crippen molar-refractivity contribution in [2.24, 2.45) is 5.73 Å². The fourth-order valence-corrected chi connectivity index (χ4v) is 2.29. The summed E-state index contributed by atoms with van der Waals surface area (Å²) in [6, 6.07) is 1.23. The van der Waals surface area contributed by atoms with Crippen LogP contribution < -0.4 is 5.73 Å². The molecule has 0 amide bonds. The minimum atomic E-state index is 0.486. The molecule has 2 fully saturated rings. The first-order valence-corrected chi connectivity index (χ1v) is 4.37. The van der Waals surface area contributed by atoms with E-state index in [-0.39, 0.29) is 0 Å². The largest absolute Gasteiger partial charge is 0.326 e. The summed E-state index contributed by atoms with van der Waals surface area (Å²) in [5.41, 5.74) is 5.95. The Bertz CT molecular complexity index is 122. The second-order valence-corrected chi connectivity index (χ2v) is 3.55. The Morgan fingerprint density at radius 3 is 2.80 bits per heavy atom. The van der Waals surface area contributed by atoms with Crippen LogP contribution in [0.4, 0.5) is 0 Å². The molecule has 0 radical (unpaired) electrons. The van der Waals surface area contributed by atoms with Gasteiger partial charge in [0.15, 0.2) is 0 Å². The van der Waals surface area contributed by atoms with Crippen LogP contribution in [0.15, 0.2) is 0 Å². The molecule has 2 saturated heterocycles. The van der Waals surface area contributed by atoms with Gasteiger partial charge in [0.2, 0.25) is 0 Å². The predicted molar refractivity (Wildman–Crippen MR) is 41.8 cm³/mol. The van der Waals surface area contributed by atoms with E-state index in [1.54, 1.807) is 0 Å². The van der Waals surface area contributed by atoms with Crippen molar-refractivity contribution in [3.8, 4) is 0 Å². The Morgan fingerprint density at radius 2 is 2.00 bits per heavy atom. The van der Waals surface area contributed by atoms with E-state index in [1.165, 1.54) is 38.8 Å². The molecule has 0 aromatic carbocycles. The van der Waals surface area contributed by atoms with Crippen molar-refractivity contribution in [2.75, 3.05) is 13.1 Å². The first-order valence-electron chi connectivity index (χ1n) is 4.37. The predicted octanol–water partition coefficient (Wildman–Crippen LogP) is 0.572. The van der Waals surface area contributed by atoms with Gasteiger partial charge < -0.3 is 5.73 Å². The third kappa shape index (κ3) is 0.956. The lowest BCUT2D eigenvalue weighted by atomic mass is 10.00. The maximum atomic E-state index is 5.95. The summed E-state index contributed by atoms with van der Waals surface area (Å²) in [5.74, 6) is 0. The van der Waals surface area contributed by atoms with Gasteiger partial charge in [-0.1, -0.05) is 6.42 Å². The Kier molecular flexibility index (Phi) is 1.66. The van der Waals surface area contributed by atoms with Crippen LogP contribution in [0.2, 0.25) is 0 Å². The van der Waals surface area contributed by atoms with Gasteiger partial charge in [0.25, 0.3) is 0 Å². The van der Waals surface area contributed by atoms with E-state index in [9.17, 15) is 0 Å². The monoisotopic (exact) mass is 140 g/mol. The van der Waals surface area contributed by atoms with E-state index in [0.29, 0.717) is 6.04 Å². The van der Waals surface area contributed by atoms with Crippen molar-refractivity contribution >= 4 is 0 Å². The van der Waals surface area contributed by atoms with E-state index in [2.05, 4.69) is 4.90 Å². The first-order chi connectivity index (χ1) is 4.88. The molecule has 2 rings (SSSR count). The lowest BCUT2D eigenvalue weighted by molar-refractivity contribution is 0.189. The number of rotatable bonds is 0. The summed E-state index contributed by atoms with van der Waals surface area (Å²) in [5, 5.41) is 0. The molecule has 10 heavy (non-hydrogen) atoms. The SMILES string of the molecule is N[C@@H]1CCN2CCCC[C@@H]12. The van der Waals surface area contributed by atoms with Gasteiger partial charge >= 0.3 is 0 Å². The lowest BCUT2D eigenvalue weighted by Crippen LogP contribution is -2.42. The van der Waals surface area contributed by atoms with E-state index in [1.807, 2.05) is 0 Å². The number of nitrogens with zero attached hydrogens (tertiary/aromatic N) is 1. The molecule has 0 aliphatic carbocycles. The van der Waals surface area contributed by atoms with Gasteiger partial charge in [-0.3, -0.25) is 4.90 Å². The van der Waals surface area contributed by atoms with Crippen molar-refractivity contribution < 1.29 is 0 Å². The first kappa shape index (κ1) is 6.62. The number of hydrogen-bond acceptors (Lipinski definition) is 2. The van der Waals surface area contributed by atoms with Crippen LogP contribution in [0.3, 0.4) is 0 Å². The molecule has 0 unspecified atom stereocenters. The summed E-state index contributed by atoms with van der Waals surface area (Å²) in [6.45, 7) is 2.56. The normalized spacial score (nSPS) is 41.7. The number of piperidine rings is 1. The Morgan fingerprint density at radius 1 is 1.10 bits per heavy atom. The van der Waals surface area contributed by atoms with Crippen LogP contribution in [0.1, 0.15) is 25.7 Å². The standard InChI is InChI=1S/C8H16N2/c9-7-4-6-10-5-2-1-3-8(7)10/h7-8H,1-6,9H2/t7-,8+/m1/s1. The molecular weight excluding hydrogens is 124 g/mol. The van der Waals surface area contributed by atoms with Crippen LogP contribution >= 0.6 is 0 Å². The van der Waals surface area contributed by atoms with E-state index in [4.69, 9.17) is 5.73 Å². The van der Waals surface area contributed by atoms with Crippen molar-refractivity contribution in [1.29, 1.82) is 0 Å². The third-order valence-corrected chi connectivity index (χ3v) is 2.91. The highest BCUT2D eigenvalue weighted by Crippen LogP contribution is 2.25. The zero-order chi connectivity index (χ0) is 6.97.